The number of hydrogen-bond donors (Lipinski definition) is 3. The fourth-order valence-electron chi connectivity index (χ4n) is 3.12. The lowest BCUT2D eigenvalue weighted by Crippen LogP contribution is -2.50. The topological polar surface area (TPSA) is 102 Å². The minimum atomic E-state index is -1.25. The van der Waals surface area contributed by atoms with Gasteiger partial charge < -0.3 is 20.7 Å². The first-order chi connectivity index (χ1) is 13.5. The first-order valence-electron chi connectivity index (χ1n) is 8.88. The van der Waals surface area contributed by atoms with Gasteiger partial charge in [0.1, 0.15) is 11.6 Å². The second kappa shape index (κ2) is 7.78. The van der Waals surface area contributed by atoms with E-state index in [9.17, 15) is 4.39 Å². The molecular weight excluding hydrogens is 379 g/mol. The van der Waals surface area contributed by atoms with Gasteiger partial charge in [-0.2, -0.15) is 0 Å². The van der Waals surface area contributed by atoms with Crippen LogP contribution in [0.25, 0.3) is 0 Å². The number of ether oxygens (including phenoxy) is 1. The number of morpholine rings is 1. The maximum atomic E-state index is 14.8. The van der Waals surface area contributed by atoms with E-state index < -0.39 is 5.66 Å². The van der Waals surface area contributed by atoms with Crippen LogP contribution in [0.4, 0.5) is 4.39 Å². The van der Waals surface area contributed by atoms with Crippen molar-refractivity contribution in [1.29, 1.82) is 0 Å². The predicted octanol–water partition coefficient (Wildman–Crippen LogP) is 1.57. The van der Waals surface area contributed by atoms with Gasteiger partial charge in [0.15, 0.2) is 11.6 Å². The molecule has 3 heterocycles. The predicted molar refractivity (Wildman–Crippen MR) is 106 cm³/mol. The van der Waals surface area contributed by atoms with Crippen LogP contribution >= 0.6 is 11.8 Å². The van der Waals surface area contributed by atoms with E-state index >= 15 is 0 Å². The van der Waals surface area contributed by atoms with Crippen LogP contribution in [-0.4, -0.2) is 42.1 Å². The maximum Gasteiger partial charge on any atom is 0.196 e. The zero-order valence-corrected chi connectivity index (χ0v) is 16.0. The maximum absolute atomic E-state index is 14.8. The van der Waals surface area contributed by atoms with Crippen LogP contribution < -0.4 is 16.8 Å². The van der Waals surface area contributed by atoms with E-state index in [1.54, 1.807) is 30.6 Å². The number of pyridine rings is 1. The molecular formula is C19H21FN6OS. The lowest BCUT2D eigenvalue weighted by Gasteiger charge is -2.36. The molecule has 0 saturated carbocycles. The van der Waals surface area contributed by atoms with Crippen LogP contribution in [0.3, 0.4) is 0 Å². The van der Waals surface area contributed by atoms with Gasteiger partial charge in [0, 0.05) is 46.9 Å². The van der Waals surface area contributed by atoms with Gasteiger partial charge in [0.05, 0.1) is 13.2 Å². The molecule has 1 aromatic heterocycles. The van der Waals surface area contributed by atoms with E-state index in [1.807, 2.05) is 12.1 Å². The van der Waals surface area contributed by atoms with E-state index in [-0.39, 0.29) is 11.8 Å². The molecule has 9 heteroatoms. The summed E-state index contributed by atoms with van der Waals surface area (Å²) in [4.78, 5) is 11.8. The molecule has 2 aliphatic heterocycles. The summed E-state index contributed by atoms with van der Waals surface area (Å²) in [6.07, 6.45) is 5.13. The third-order valence-corrected chi connectivity index (χ3v) is 5.60. The molecule has 0 radical (unpaired) electrons. The minimum absolute atomic E-state index is 0.196. The molecule has 1 saturated heterocycles. The average molecular weight is 400 g/mol. The monoisotopic (exact) mass is 400 g/mol. The van der Waals surface area contributed by atoms with Crippen LogP contribution in [0, 0.1) is 5.82 Å². The Hall–Kier alpha value is -2.62. The molecule has 1 atom stereocenters. The molecule has 28 heavy (non-hydrogen) atoms. The fourth-order valence-corrected chi connectivity index (χ4v) is 3.93. The Morgan fingerprint density at radius 2 is 1.93 bits per heavy atom. The molecule has 0 amide bonds. The number of halogens is 1. The van der Waals surface area contributed by atoms with Crippen molar-refractivity contribution >= 4 is 17.7 Å². The number of rotatable bonds is 4. The number of guanidine groups is 1. The average Bonchev–Trinajstić information content (AvgIpc) is 2.70. The summed E-state index contributed by atoms with van der Waals surface area (Å²) in [5.41, 5.74) is 11.8. The number of aromatic nitrogens is 1. The summed E-state index contributed by atoms with van der Waals surface area (Å²) in [5, 5.41) is 3.05. The van der Waals surface area contributed by atoms with Crippen LogP contribution in [0.15, 0.2) is 69.4 Å². The molecule has 0 spiro atoms. The fraction of sp³-hybridized carbons (Fsp3) is 0.263. The van der Waals surface area contributed by atoms with Crippen molar-refractivity contribution in [3.63, 3.8) is 0 Å². The Labute approximate surface area is 166 Å². The van der Waals surface area contributed by atoms with E-state index in [1.165, 1.54) is 17.8 Å². The summed E-state index contributed by atoms with van der Waals surface area (Å²) < 4.78 is 20.2. The molecule has 1 aromatic carbocycles. The highest BCUT2D eigenvalue weighted by Crippen LogP contribution is 2.33. The molecule has 0 bridgehead atoms. The van der Waals surface area contributed by atoms with Gasteiger partial charge in [-0.25, -0.2) is 9.38 Å². The normalized spacial score (nSPS) is 22.3. The summed E-state index contributed by atoms with van der Waals surface area (Å²) in [5.74, 6) is 0.592. The lowest BCUT2D eigenvalue weighted by atomic mass is 9.99. The number of nitrogens with zero attached hydrogens (tertiary/aromatic N) is 3. The second-order valence-electron chi connectivity index (χ2n) is 6.51. The van der Waals surface area contributed by atoms with Gasteiger partial charge in [-0.05, 0) is 24.3 Å². The van der Waals surface area contributed by atoms with Crippen LogP contribution in [0.2, 0.25) is 0 Å². The van der Waals surface area contributed by atoms with E-state index in [4.69, 9.17) is 16.2 Å². The largest absolute Gasteiger partial charge is 0.378 e. The highest BCUT2D eigenvalue weighted by molar-refractivity contribution is 7.99. The van der Waals surface area contributed by atoms with Crippen molar-refractivity contribution in [2.75, 3.05) is 26.3 Å². The lowest BCUT2D eigenvalue weighted by molar-refractivity contribution is 0.0509. The Kier molecular flexibility index (Phi) is 5.21. The standard InChI is InChI=1S/C19H21FN6OS/c20-15-11-13(1-2-16(15)28-14-3-5-23-6-4-14)19(22)12-17(24-18(21)25-19)26-7-9-27-10-8-26/h1-6,11-12H,7-10,22H2,(H3,21,24,25). The minimum Gasteiger partial charge on any atom is -0.378 e. The highest BCUT2D eigenvalue weighted by Gasteiger charge is 2.31. The van der Waals surface area contributed by atoms with E-state index in [0.717, 1.165) is 23.8 Å². The van der Waals surface area contributed by atoms with Gasteiger partial charge in [0.2, 0.25) is 0 Å². The Morgan fingerprint density at radius 1 is 1.18 bits per heavy atom. The van der Waals surface area contributed by atoms with Crippen molar-refractivity contribution in [3.05, 3.63) is 66.0 Å². The smallest absolute Gasteiger partial charge is 0.196 e. The van der Waals surface area contributed by atoms with Crippen LogP contribution in [-0.2, 0) is 10.4 Å². The van der Waals surface area contributed by atoms with E-state index in [2.05, 4.69) is 20.2 Å². The number of nitrogens with two attached hydrogens (primary N) is 2. The summed E-state index contributed by atoms with van der Waals surface area (Å²) >= 11 is 1.33. The molecule has 5 N–H and O–H groups in total. The third kappa shape index (κ3) is 3.96. The zero-order valence-electron chi connectivity index (χ0n) is 15.1. The highest BCUT2D eigenvalue weighted by atomic mass is 32.2. The number of nitrogens with one attached hydrogen (secondary N) is 1. The SMILES string of the molecule is NC1=NC(N)(c2ccc(Sc3ccncc3)c(F)c2)C=C(N2CCOCC2)N1. The molecule has 0 aliphatic carbocycles. The summed E-state index contributed by atoms with van der Waals surface area (Å²) in [6.45, 7) is 2.70. The molecule has 1 unspecified atom stereocenters. The quantitative estimate of drug-likeness (QED) is 0.716. The number of hydrogen-bond acceptors (Lipinski definition) is 8. The Morgan fingerprint density at radius 3 is 2.64 bits per heavy atom. The van der Waals surface area contributed by atoms with Gasteiger partial charge >= 0.3 is 0 Å². The zero-order chi connectivity index (χ0) is 19.6. The van der Waals surface area contributed by atoms with Crippen LogP contribution in [0.5, 0.6) is 0 Å². The molecule has 1 fully saturated rings. The molecule has 146 valence electrons. The second-order valence-corrected chi connectivity index (χ2v) is 7.62. The first kappa shape index (κ1) is 18.7. The van der Waals surface area contributed by atoms with Crippen molar-refractivity contribution in [2.24, 2.45) is 16.5 Å². The molecule has 7 nitrogen and oxygen atoms in total. The van der Waals surface area contributed by atoms with Crippen molar-refractivity contribution in [3.8, 4) is 0 Å². The molecule has 4 rings (SSSR count). The Bertz CT molecular complexity index is 916. The third-order valence-electron chi connectivity index (χ3n) is 4.54. The van der Waals surface area contributed by atoms with Gasteiger partial charge in [-0.3, -0.25) is 10.7 Å². The number of benzene rings is 1. The molecule has 2 aliphatic rings. The van der Waals surface area contributed by atoms with E-state index in [0.29, 0.717) is 23.7 Å². The van der Waals surface area contributed by atoms with Crippen molar-refractivity contribution < 1.29 is 9.13 Å². The summed E-state index contributed by atoms with van der Waals surface area (Å²) in [7, 11) is 0. The first-order valence-corrected chi connectivity index (χ1v) is 9.70. The van der Waals surface area contributed by atoms with Gasteiger partial charge in [-0.1, -0.05) is 17.8 Å². The van der Waals surface area contributed by atoms with Crippen molar-refractivity contribution in [2.45, 2.75) is 15.5 Å². The molecule has 2 aromatic rings. The Balaban J connectivity index is 1.62. The van der Waals surface area contributed by atoms with Gasteiger partial charge in [0.25, 0.3) is 0 Å². The van der Waals surface area contributed by atoms with Gasteiger partial charge in [-0.15, -0.1) is 0 Å². The number of aliphatic imine (C=N–C) groups is 1. The van der Waals surface area contributed by atoms with Crippen LogP contribution in [0.1, 0.15) is 5.56 Å². The summed E-state index contributed by atoms with van der Waals surface area (Å²) in [6, 6.07) is 8.57. The van der Waals surface area contributed by atoms with Crippen molar-refractivity contribution in [1.82, 2.24) is 15.2 Å².